The number of hydrogen-bond donors (Lipinski definition) is 1. The van der Waals surface area contributed by atoms with Gasteiger partial charge < -0.3 is 14.0 Å². The molecule has 2 aliphatic rings. The van der Waals surface area contributed by atoms with Gasteiger partial charge in [-0.05, 0) is 86.8 Å². The number of hydrogen-bond acceptors (Lipinski definition) is 7. The topological polar surface area (TPSA) is 108 Å². The van der Waals surface area contributed by atoms with E-state index in [1.807, 2.05) is 6.07 Å². The molecule has 1 N–H and O–H groups in total. The van der Waals surface area contributed by atoms with E-state index in [1.165, 1.54) is 13.2 Å². The predicted molar refractivity (Wildman–Crippen MR) is 130 cm³/mol. The number of sulfonamides is 1. The first kappa shape index (κ1) is 23.4. The number of aryl methyl sites for hydroxylation is 1. The Labute approximate surface area is 204 Å². The summed E-state index contributed by atoms with van der Waals surface area (Å²) < 4.78 is 46.4. The van der Waals surface area contributed by atoms with E-state index >= 15 is 0 Å². The van der Waals surface area contributed by atoms with E-state index in [-0.39, 0.29) is 22.5 Å². The van der Waals surface area contributed by atoms with Gasteiger partial charge in [-0.1, -0.05) is 17.3 Å². The Kier molecular flexibility index (Phi) is 6.27. The van der Waals surface area contributed by atoms with Crippen molar-refractivity contribution in [1.29, 1.82) is 0 Å². The van der Waals surface area contributed by atoms with Crippen molar-refractivity contribution < 1.29 is 27.2 Å². The van der Waals surface area contributed by atoms with Gasteiger partial charge in [-0.2, -0.15) is 0 Å². The van der Waals surface area contributed by atoms with Crippen molar-refractivity contribution in [2.45, 2.75) is 62.4 Å². The minimum atomic E-state index is -4.04. The van der Waals surface area contributed by atoms with Crippen LogP contribution in [0.1, 0.15) is 66.1 Å². The fraction of sp³-hybridized carbons (Fsp3) is 0.385. The number of rotatable bonds is 8. The summed E-state index contributed by atoms with van der Waals surface area (Å²) in [5.74, 6) is 0.674. The molecule has 3 aromatic rings. The third-order valence-corrected chi connectivity index (χ3v) is 8.04. The van der Waals surface area contributed by atoms with Crippen LogP contribution in [0.25, 0.3) is 11.1 Å². The number of anilines is 1. The van der Waals surface area contributed by atoms with Crippen molar-refractivity contribution in [3.8, 4) is 16.9 Å². The Morgan fingerprint density at radius 3 is 2.51 bits per heavy atom. The quantitative estimate of drug-likeness (QED) is 0.414. The van der Waals surface area contributed by atoms with Gasteiger partial charge in [-0.25, -0.2) is 13.2 Å². The summed E-state index contributed by atoms with van der Waals surface area (Å²) in [6, 6.07) is 10.1. The zero-order valence-electron chi connectivity index (χ0n) is 19.7. The minimum absolute atomic E-state index is 0.0473. The van der Waals surface area contributed by atoms with Gasteiger partial charge in [-0.3, -0.25) is 4.72 Å². The molecule has 2 saturated carbocycles. The Balaban J connectivity index is 1.55. The first-order valence-corrected chi connectivity index (χ1v) is 13.3. The van der Waals surface area contributed by atoms with Crippen LogP contribution in [0, 0.1) is 6.92 Å². The van der Waals surface area contributed by atoms with E-state index in [0.29, 0.717) is 22.8 Å². The molecule has 0 unspecified atom stereocenters. The highest BCUT2D eigenvalue weighted by Crippen LogP contribution is 2.44. The SMILES string of the molecule is COC(=O)c1ccc(C2CC2)c(S(=O)(=O)Nc2cc(-c3cnoc3C)ccc2OC2CCCC2)c1. The van der Waals surface area contributed by atoms with Crippen molar-refractivity contribution in [1.82, 2.24) is 5.16 Å². The first-order chi connectivity index (χ1) is 16.9. The van der Waals surface area contributed by atoms with Gasteiger partial charge in [0.1, 0.15) is 11.5 Å². The number of nitrogens with zero attached hydrogens (tertiary/aromatic N) is 1. The van der Waals surface area contributed by atoms with Gasteiger partial charge in [0.25, 0.3) is 10.0 Å². The summed E-state index contributed by atoms with van der Waals surface area (Å²) in [7, 11) is -2.77. The van der Waals surface area contributed by atoms with Crippen LogP contribution in [0.15, 0.2) is 52.0 Å². The molecule has 9 heteroatoms. The number of aromatic nitrogens is 1. The smallest absolute Gasteiger partial charge is 0.337 e. The van der Waals surface area contributed by atoms with E-state index in [9.17, 15) is 13.2 Å². The molecule has 0 radical (unpaired) electrons. The molecule has 5 rings (SSSR count). The summed E-state index contributed by atoms with van der Waals surface area (Å²) in [6.45, 7) is 1.80. The summed E-state index contributed by atoms with van der Waals surface area (Å²) >= 11 is 0. The molecule has 2 aromatic carbocycles. The van der Waals surface area contributed by atoms with E-state index < -0.39 is 16.0 Å². The number of ether oxygens (including phenoxy) is 2. The van der Waals surface area contributed by atoms with Crippen molar-refractivity contribution in [3.05, 3.63) is 59.5 Å². The summed E-state index contributed by atoms with van der Waals surface area (Å²) in [6.07, 6.45) is 7.54. The van der Waals surface area contributed by atoms with Gasteiger partial charge in [0.05, 0.1) is 35.6 Å². The molecule has 8 nitrogen and oxygen atoms in total. The second kappa shape index (κ2) is 9.37. The molecule has 0 bridgehead atoms. The highest BCUT2D eigenvalue weighted by molar-refractivity contribution is 7.92. The van der Waals surface area contributed by atoms with Gasteiger partial charge in [0, 0.05) is 5.56 Å². The van der Waals surface area contributed by atoms with Gasteiger partial charge in [-0.15, -0.1) is 0 Å². The average Bonchev–Trinajstić information content (AvgIpc) is 3.40. The molecule has 1 aromatic heterocycles. The fourth-order valence-electron chi connectivity index (χ4n) is 4.59. The normalized spacial score (nSPS) is 16.3. The van der Waals surface area contributed by atoms with E-state index in [4.69, 9.17) is 14.0 Å². The highest BCUT2D eigenvalue weighted by atomic mass is 32.2. The van der Waals surface area contributed by atoms with Crippen molar-refractivity contribution in [2.24, 2.45) is 0 Å². The molecule has 35 heavy (non-hydrogen) atoms. The maximum absolute atomic E-state index is 13.7. The number of methoxy groups -OCH3 is 1. The first-order valence-electron chi connectivity index (χ1n) is 11.8. The van der Waals surface area contributed by atoms with E-state index in [0.717, 1.165) is 49.7 Å². The summed E-state index contributed by atoms with van der Waals surface area (Å²) in [5.41, 5.74) is 2.75. The Hall–Kier alpha value is -3.33. The van der Waals surface area contributed by atoms with E-state index in [1.54, 1.807) is 37.4 Å². The molecular formula is C26H28N2O6S. The molecule has 184 valence electrons. The molecule has 1 heterocycles. The van der Waals surface area contributed by atoms with Crippen molar-refractivity contribution in [3.63, 3.8) is 0 Å². The molecule has 0 atom stereocenters. The van der Waals surface area contributed by atoms with Crippen LogP contribution in [0.3, 0.4) is 0 Å². The van der Waals surface area contributed by atoms with Gasteiger partial charge in [0.2, 0.25) is 0 Å². The summed E-state index contributed by atoms with van der Waals surface area (Å²) in [5, 5.41) is 3.84. The van der Waals surface area contributed by atoms with Gasteiger partial charge in [0.15, 0.2) is 0 Å². The Morgan fingerprint density at radius 1 is 1.09 bits per heavy atom. The zero-order valence-corrected chi connectivity index (χ0v) is 20.6. The van der Waals surface area contributed by atoms with Crippen LogP contribution in [-0.4, -0.2) is 32.8 Å². The largest absolute Gasteiger partial charge is 0.488 e. The second-order valence-electron chi connectivity index (χ2n) is 9.15. The number of benzene rings is 2. The van der Waals surface area contributed by atoms with Crippen LogP contribution in [0.2, 0.25) is 0 Å². The predicted octanol–water partition coefficient (Wildman–Crippen LogP) is 5.44. The van der Waals surface area contributed by atoms with Crippen LogP contribution in [-0.2, 0) is 14.8 Å². The van der Waals surface area contributed by atoms with Crippen LogP contribution < -0.4 is 9.46 Å². The van der Waals surface area contributed by atoms with Crippen LogP contribution in [0.4, 0.5) is 5.69 Å². The van der Waals surface area contributed by atoms with Crippen LogP contribution in [0.5, 0.6) is 5.75 Å². The lowest BCUT2D eigenvalue weighted by atomic mass is 10.1. The maximum atomic E-state index is 13.7. The lowest BCUT2D eigenvalue weighted by molar-refractivity contribution is 0.0600. The van der Waals surface area contributed by atoms with Crippen molar-refractivity contribution >= 4 is 21.7 Å². The lowest BCUT2D eigenvalue weighted by Crippen LogP contribution is -2.18. The third kappa shape index (κ3) is 4.91. The molecule has 0 saturated heterocycles. The molecule has 0 amide bonds. The maximum Gasteiger partial charge on any atom is 0.337 e. The zero-order chi connectivity index (χ0) is 24.6. The Morgan fingerprint density at radius 2 is 1.86 bits per heavy atom. The van der Waals surface area contributed by atoms with Crippen LogP contribution >= 0.6 is 0 Å². The molecule has 0 spiro atoms. The number of esters is 1. The molecule has 2 fully saturated rings. The van der Waals surface area contributed by atoms with Crippen molar-refractivity contribution in [2.75, 3.05) is 11.8 Å². The monoisotopic (exact) mass is 496 g/mol. The average molecular weight is 497 g/mol. The Bertz CT molecular complexity index is 1350. The molecule has 0 aliphatic heterocycles. The third-order valence-electron chi connectivity index (χ3n) is 6.62. The van der Waals surface area contributed by atoms with E-state index in [2.05, 4.69) is 9.88 Å². The minimum Gasteiger partial charge on any atom is -0.488 e. The standard InChI is InChI=1S/C26H28N2O6S/c1-16-22(15-27-34-16)18-10-12-24(33-20-5-3-4-6-20)23(13-18)28-35(30,31)25-14-19(26(29)32-2)9-11-21(25)17-7-8-17/h9-15,17,20,28H,3-8H2,1-2H3. The fourth-order valence-corrected chi connectivity index (χ4v) is 5.97. The highest BCUT2D eigenvalue weighted by Gasteiger charge is 2.32. The van der Waals surface area contributed by atoms with Gasteiger partial charge >= 0.3 is 5.97 Å². The molecule has 2 aliphatic carbocycles. The second-order valence-corrected chi connectivity index (χ2v) is 10.8. The number of carbonyl (C=O) groups excluding carboxylic acids is 1. The number of carbonyl (C=O) groups is 1. The lowest BCUT2D eigenvalue weighted by Gasteiger charge is -2.19. The molecular weight excluding hydrogens is 468 g/mol. The summed E-state index contributed by atoms with van der Waals surface area (Å²) in [4.78, 5) is 12.2. The number of nitrogens with one attached hydrogen (secondary N) is 1.